The standard InChI is InChI=1S/C11H13N5O/c1-2-9-3-5-10(6-4-9)13-11(17)7-16-8-12-14-15-16/h3-6,8H,2,7H2,1H3,(H,13,17). The molecule has 88 valence electrons. The quantitative estimate of drug-likeness (QED) is 0.847. The Bertz CT molecular complexity index is 477. The van der Waals surface area contributed by atoms with Gasteiger partial charge in [0.1, 0.15) is 12.9 Å². The first-order valence-electron chi connectivity index (χ1n) is 5.37. The number of benzene rings is 1. The molecule has 0 bridgehead atoms. The molecule has 0 aliphatic rings. The molecule has 2 rings (SSSR count). The Kier molecular flexibility index (Phi) is 3.44. The maximum atomic E-state index is 11.6. The number of aryl methyl sites for hydroxylation is 1. The summed E-state index contributed by atoms with van der Waals surface area (Å²) in [5.74, 6) is -0.151. The number of nitrogens with zero attached hydrogens (tertiary/aromatic N) is 4. The van der Waals surface area contributed by atoms with Crippen LogP contribution in [0.5, 0.6) is 0 Å². The number of nitrogens with one attached hydrogen (secondary N) is 1. The second-order valence-corrected chi connectivity index (χ2v) is 3.61. The summed E-state index contributed by atoms with van der Waals surface area (Å²) in [5, 5.41) is 13.3. The number of carbonyl (C=O) groups is 1. The molecule has 0 aliphatic heterocycles. The van der Waals surface area contributed by atoms with E-state index in [1.54, 1.807) is 0 Å². The van der Waals surface area contributed by atoms with Gasteiger partial charge >= 0.3 is 0 Å². The van der Waals surface area contributed by atoms with Crippen LogP contribution in [0.3, 0.4) is 0 Å². The molecule has 1 aromatic carbocycles. The first-order chi connectivity index (χ1) is 8.28. The smallest absolute Gasteiger partial charge is 0.246 e. The molecule has 2 aromatic rings. The highest BCUT2D eigenvalue weighted by atomic mass is 16.2. The van der Waals surface area contributed by atoms with Crippen LogP contribution in [0, 0.1) is 0 Å². The molecule has 1 aromatic heterocycles. The Balaban J connectivity index is 1.93. The molecular formula is C11H13N5O. The maximum Gasteiger partial charge on any atom is 0.246 e. The summed E-state index contributed by atoms with van der Waals surface area (Å²) >= 11 is 0. The van der Waals surface area contributed by atoms with Gasteiger partial charge in [0.25, 0.3) is 0 Å². The minimum atomic E-state index is -0.151. The van der Waals surface area contributed by atoms with E-state index in [2.05, 4.69) is 27.8 Å². The van der Waals surface area contributed by atoms with Crippen molar-refractivity contribution in [3.8, 4) is 0 Å². The summed E-state index contributed by atoms with van der Waals surface area (Å²) in [4.78, 5) is 11.6. The van der Waals surface area contributed by atoms with E-state index in [1.165, 1.54) is 16.6 Å². The van der Waals surface area contributed by atoms with Crippen LogP contribution in [0.1, 0.15) is 12.5 Å². The van der Waals surface area contributed by atoms with Crippen LogP contribution in [0.2, 0.25) is 0 Å². The van der Waals surface area contributed by atoms with Crippen molar-refractivity contribution in [3.05, 3.63) is 36.2 Å². The van der Waals surface area contributed by atoms with Gasteiger partial charge in [0.05, 0.1) is 0 Å². The predicted octanol–water partition coefficient (Wildman–Crippen LogP) is 0.874. The monoisotopic (exact) mass is 231 g/mol. The van der Waals surface area contributed by atoms with Crippen molar-refractivity contribution in [2.75, 3.05) is 5.32 Å². The first-order valence-corrected chi connectivity index (χ1v) is 5.37. The summed E-state index contributed by atoms with van der Waals surface area (Å²) in [5.41, 5.74) is 2.02. The van der Waals surface area contributed by atoms with Gasteiger partial charge in [-0.1, -0.05) is 19.1 Å². The lowest BCUT2D eigenvalue weighted by atomic mass is 10.1. The number of amides is 1. The molecule has 0 saturated carbocycles. The highest BCUT2D eigenvalue weighted by molar-refractivity contribution is 5.90. The van der Waals surface area contributed by atoms with E-state index in [1.807, 2.05) is 24.3 Å². The second-order valence-electron chi connectivity index (χ2n) is 3.61. The van der Waals surface area contributed by atoms with Crippen molar-refractivity contribution >= 4 is 11.6 Å². The topological polar surface area (TPSA) is 72.7 Å². The third kappa shape index (κ3) is 3.10. The summed E-state index contributed by atoms with van der Waals surface area (Å²) in [7, 11) is 0. The number of hydrogen-bond acceptors (Lipinski definition) is 4. The van der Waals surface area contributed by atoms with Gasteiger partial charge in [-0.25, -0.2) is 4.68 Å². The zero-order chi connectivity index (χ0) is 12.1. The van der Waals surface area contributed by atoms with E-state index in [-0.39, 0.29) is 12.5 Å². The maximum absolute atomic E-state index is 11.6. The molecule has 1 heterocycles. The van der Waals surface area contributed by atoms with E-state index in [0.29, 0.717) is 0 Å². The summed E-state index contributed by atoms with van der Waals surface area (Å²) in [6.45, 7) is 2.20. The Labute approximate surface area is 98.6 Å². The van der Waals surface area contributed by atoms with Crippen molar-refractivity contribution in [3.63, 3.8) is 0 Å². The van der Waals surface area contributed by atoms with Gasteiger partial charge in [0, 0.05) is 5.69 Å². The van der Waals surface area contributed by atoms with Crippen molar-refractivity contribution < 1.29 is 4.79 Å². The van der Waals surface area contributed by atoms with Gasteiger partial charge in [-0.3, -0.25) is 4.79 Å². The molecule has 17 heavy (non-hydrogen) atoms. The lowest BCUT2D eigenvalue weighted by Gasteiger charge is -2.05. The molecule has 0 spiro atoms. The molecule has 6 nitrogen and oxygen atoms in total. The average molecular weight is 231 g/mol. The minimum absolute atomic E-state index is 0.114. The highest BCUT2D eigenvalue weighted by Gasteiger charge is 2.04. The number of rotatable bonds is 4. The lowest BCUT2D eigenvalue weighted by Crippen LogP contribution is -2.19. The van der Waals surface area contributed by atoms with Crippen molar-refractivity contribution in [1.29, 1.82) is 0 Å². The normalized spacial score (nSPS) is 10.2. The molecule has 0 fully saturated rings. The number of carbonyl (C=O) groups excluding carboxylic acids is 1. The lowest BCUT2D eigenvalue weighted by molar-refractivity contribution is -0.116. The third-order valence-corrected chi connectivity index (χ3v) is 2.34. The Hall–Kier alpha value is -2.24. The average Bonchev–Trinajstić information content (AvgIpc) is 2.82. The Morgan fingerprint density at radius 2 is 2.12 bits per heavy atom. The molecule has 1 amide bonds. The van der Waals surface area contributed by atoms with Gasteiger partial charge in [-0.05, 0) is 34.5 Å². The van der Waals surface area contributed by atoms with E-state index in [9.17, 15) is 4.79 Å². The van der Waals surface area contributed by atoms with Crippen LogP contribution < -0.4 is 5.32 Å². The fourth-order valence-corrected chi connectivity index (χ4v) is 1.42. The number of hydrogen-bond donors (Lipinski definition) is 1. The minimum Gasteiger partial charge on any atom is -0.324 e. The van der Waals surface area contributed by atoms with Gasteiger partial charge in [-0.2, -0.15) is 0 Å². The molecule has 6 heteroatoms. The van der Waals surface area contributed by atoms with E-state index in [4.69, 9.17) is 0 Å². The van der Waals surface area contributed by atoms with Crippen molar-refractivity contribution in [2.24, 2.45) is 0 Å². The summed E-state index contributed by atoms with van der Waals surface area (Å²) in [6, 6.07) is 7.76. The number of tetrazole rings is 1. The van der Waals surface area contributed by atoms with Crippen LogP contribution in [-0.2, 0) is 17.8 Å². The third-order valence-electron chi connectivity index (χ3n) is 2.34. The summed E-state index contributed by atoms with van der Waals surface area (Å²) < 4.78 is 1.37. The van der Waals surface area contributed by atoms with Crippen LogP contribution >= 0.6 is 0 Å². The zero-order valence-corrected chi connectivity index (χ0v) is 9.50. The molecule has 0 unspecified atom stereocenters. The highest BCUT2D eigenvalue weighted by Crippen LogP contribution is 2.09. The van der Waals surface area contributed by atoms with Gasteiger partial charge in [-0.15, -0.1) is 5.10 Å². The van der Waals surface area contributed by atoms with Gasteiger partial charge < -0.3 is 5.32 Å². The Morgan fingerprint density at radius 1 is 1.35 bits per heavy atom. The van der Waals surface area contributed by atoms with E-state index >= 15 is 0 Å². The zero-order valence-electron chi connectivity index (χ0n) is 9.50. The van der Waals surface area contributed by atoms with Gasteiger partial charge in [0.2, 0.25) is 5.91 Å². The van der Waals surface area contributed by atoms with Crippen LogP contribution in [-0.4, -0.2) is 26.1 Å². The fraction of sp³-hybridized carbons (Fsp3) is 0.273. The van der Waals surface area contributed by atoms with Crippen molar-refractivity contribution in [1.82, 2.24) is 20.2 Å². The predicted molar refractivity (Wildman–Crippen MR) is 62.3 cm³/mol. The second kappa shape index (κ2) is 5.20. The largest absolute Gasteiger partial charge is 0.324 e. The first kappa shape index (κ1) is 11.3. The summed E-state index contributed by atoms with van der Waals surface area (Å²) in [6.07, 6.45) is 2.39. The fourth-order valence-electron chi connectivity index (χ4n) is 1.42. The van der Waals surface area contributed by atoms with Crippen LogP contribution in [0.15, 0.2) is 30.6 Å². The van der Waals surface area contributed by atoms with E-state index in [0.717, 1.165) is 12.1 Å². The van der Waals surface area contributed by atoms with Crippen LogP contribution in [0.4, 0.5) is 5.69 Å². The molecule has 0 atom stereocenters. The Morgan fingerprint density at radius 3 is 2.71 bits per heavy atom. The number of aromatic nitrogens is 4. The molecule has 0 saturated heterocycles. The van der Waals surface area contributed by atoms with Crippen molar-refractivity contribution in [2.45, 2.75) is 19.9 Å². The van der Waals surface area contributed by atoms with Gasteiger partial charge in [0.15, 0.2) is 0 Å². The molecule has 0 aliphatic carbocycles. The molecule has 1 N–H and O–H groups in total. The molecular weight excluding hydrogens is 218 g/mol. The molecule has 0 radical (unpaired) electrons. The SMILES string of the molecule is CCc1ccc(NC(=O)Cn2cnnn2)cc1. The van der Waals surface area contributed by atoms with Crippen LogP contribution in [0.25, 0.3) is 0 Å². The van der Waals surface area contributed by atoms with E-state index < -0.39 is 0 Å². The number of anilines is 1.